The average molecular weight is 357 g/mol. The van der Waals surface area contributed by atoms with Crippen molar-refractivity contribution in [2.24, 2.45) is 0 Å². The van der Waals surface area contributed by atoms with Crippen LogP contribution in [0, 0.1) is 34.0 Å². The summed E-state index contributed by atoms with van der Waals surface area (Å²) in [7, 11) is 0. The fourth-order valence-electron chi connectivity index (χ4n) is 1.23. The van der Waals surface area contributed by atoms with Crippen LogP contribution in [0.2, 0.25) is 0 Å². The molecule has 0 spiro atoms. The van der Waals surface area contributed by atoms with Crippen molar-refractivity contribution in [2.45, 2.75) is 6.36 Å². The van der Waals surface area contributed by atoms with Gasteiger partial charge in [0.1, 0.15) is 29.7 Å². The monoisotopic (exact) mass is 356 g/mol. The first kappa shape index (κ1) is 16.4. The Morgan fingerprint density at radius 1 is 1.14 bits per heavy atom. The minimum atomic E-state index is -4.88. The molecule has 0 bridgehead atoms. The number of benzene rings is 1. The maximum atomic E-state index is 12.2. The van der Waals surface area contributed by atoms with Gasteiger partial charge in [0.2, 0.25) is 0 Å². The Morgan fingerprint density at radius 2 is 1.76 bits per heavy atom. The summed E-state index contributed by atoms with van der Waals surface area (Å²) in [5.74, 6) is -0.528. The molecule has 0 aliphatic rings. The predicted octanol–water partition coefficient (Wildman–Crippen LogP) is 3.58. The molecule has 0 saturated heterocycles. The van der Waals surface area contributed by atoms with E-state index in [0.717, 1.165) is 6.07 Å². The van der Waals surface area contributed by atoms with Gasteiger partial charge >= 0.3 is 6.36 Å². The van der Waals surface area contributed by atoms with Crippen molar-refractivity contribution in [2.75, 3.05) is 5.32 Å². The first-order valence-electron chi connectivity index (χ1n) is 5.08. The second kappa shape index (κ2) is 6.65. The summed E-state index contributed by atoms with van der Waals surface area (Å²) >= 11 is 2.90. The van der Waals surface area contributed by atoms with Crippen LogP contribution >= 0.6 is 15.9 Å². The highest BCUT2D eigenvalue weighted by atomic mass is 79.9. The Morgan fingerprint density at radius 3 is 2.24 bits per heavy atom. The molecule has 106 valence electrons. The van der Waals surface area contributed by atoms with E-state index in [1.165, 1.54) is 24.3 Å². The number of allylic oxidation sites excluding steroid dienone is 2. The first-order chi connectivity index (χ1) is 9.82. The number of alkyl halides is 3. The van der Waals surface area contributed by atoms with Crippen LogP contribution in [-0.2, 0) is 0 Å². The van der Waals surface area contributed by atoms with Crippen LogP contribution < -0.4 is 10.1 Å². The van der Waals surface area contributed by atoms with Gasteiger partial charge in [0, 0.05) is 0 Å². The normalized spacial score (nSPS) is 9.76. The lowest BCUT2D eigenvalue weighted by molar-refractivity contribution is -0.274. The van der Waals surface area contributed by atoms with Crippen LogP contribution in [0.3, 0.4) is 0 Å². The number of nitrogens with zero attached hydrogens (tertiary/aromatic N) is 3. The minimum absolute atomic E-state index is 0.0382. The lowest BCUT2D eigenvalue weighted by Crippen LogP contribution is -2.17. The molecule has 0 saturated carbocycles. The molecule has 0 unspecified atom stereocenters. The molecule has 0 aromatic heterocycles. The summed E-state index contributed by atoms with van der Waals surface area (Å²) in [6, 6.07) is 8.25. The molecule has 1 rings (SSSR count). The summed E-state index contributed by atoms with van der Waals surface area (Å²) in [6.45, 7) is 0. The third kappa shape index (κ3) is 4.41. The third-order valence-corrected chi connectivity index (χ3v) is 2.85. The van der Waals surface area contributed by atoms with E-state index in [1.54, 1.807) is 6.07 Å². The molecular weight excluding hydrogens is 353 g/mol. The zero-order valence-corrected chi connectivity index (χ0v) is 11.6. The number of nitrogens with one attached hydrogen (secondary N) is 1. The number of rotatable bonds is 3. The van der Waals surface area contributed by atoms with E-state index in [2.05, 4.69) is 26.0 Å². The average Bonchev–Trinajstić information content (AvgIpc) is 2.41. The fourth-order valence-corrected chi connectivity index (χ4v) is 1.67. The van der Waals surface area contributed by atoms with E-state index >= 15 is 0 Å². The van der Waals surface area contributed by atoms with Crippen LogP contribution in [0.4, 0.5) is 18.9 Å². The van der Waals surface area contributed by atoms with Crippen molar-refractivity contribution in [3.05, 3.63) is 33.9 Å². The number of anilines is 1. The Labute approximate surface area is 125 Å². The lowest BCUT2D eigenvalue weighted by Gasteiger charge is -2.13. The molecule has 9 heteroatoms. The molecular formula is C12H4BrF3N4O. The van der Waals surface area contributed by atoms with Gasteiger partial charge in [0.15, 0.2) is 5.57 Å². The highest BCUT2D eigenvalue weighted by molar-refractivity contribution is 9.10. The Bertz CT molecular complexity index is 691. The van der Waals surface area contributed by atoms with Crippen LogP contribution in [0.5, 0.6) is 5.75 Å². The molecule has 0 atom stereocenters. The van der Waals surface area contributed by atoms with Gasteiger partial charge in [-0.2, -0.15) is 15.8 Å². The molecule has 1 N–H and O–H groups in total. The van der Waals surface area contributed by atoms with E-state index in [1.807, 2.05) is 0 Å². The second-order valence-corrected chi connectivity index (χ2v) is 4.17. The molecule has 1 aromatic rings. The van der Waals surface area contributed by atoms with E-state index in [0.29, 0.717) is 0 Å². The molecule has 0 radical (unpaired) electrons. The van der Waals surface area contributed by atoms with Gasteiger partial charge in [-0.05, 0) is 28.1 Å². The van der Waals surface area contributed by atoms with Crippen LogP contribution in [0.25, 0.3) is 0 Å². The Kier molecular flexibility index (Phi) is 5.18. The van der Waals surface area contributed by atoms with Gasteiger partial charge in [0.05, 0.1) is 10.2 Å². The maximum absolute atomic E-state index is 12.2. The van der Waals surface area contributed by atoms with E-state index in [9.17, 15) is 13.2 Å². The molecule has 0 amide bonds. The number of nitriles is 3. The minimum Gasteiger partial charge on any atom is -0.405 e. The van der Waals surface area contributed by atoms with Crippen LogP contribution in [0.1, 0.15) is 0 Å². The van der Waals surface area contributed by atoms with Gasteiger partial charge in [-0.3, -0.25) is 0 Å². The summed E-state index contributed by atoms with van der Waals surface area (Å²) in [6.07, 6.45) is -4.88. The number of hydrogen-bond acceptors (Lipinski definition) is 5. The number of hydrogen-bond donors (Lipinski definition) is 1. The molecule has 1 aromatic carbocycles. The van der Waals surface area contributed by atoms with Crippen molar-refractivity contribution in [1.82, 2.24) is 0 Å². The second-order valence-electron chi connectivity index (χ2n) is 3.38. The van der Waals surface area contributed by atoms with E-state index < -0.39 is 17.7 Å². The van der Waals surface area contributed by atoms with Crippen molar-refractivity contribution in [3.8, 4) is 24.0 Å². The van der Waals surface area contributed by atoms with Crippen molar-refractivity contribution >= 4 is 21.6 Å². The molecule has 0 aliphatic heterocycles. The predicted molar refractivity (Wildman–Crippen MR) is 68.3 cm³/mol. The van der Waals surface area contributed by atoms with Crippen LogP contribution in [-0.4, -0.2) is 6.36 Å². The van der Waals surface area contributed by atoms with Crippen molar-refractivity contribution < 1.29 is 17.9 Å². The highest BCUT2D eigenvalue weighted by Gasteiger charge is 2.32. The van der Waals surface area contributed by atoms with Gasteiger partial charge in [0.25, 0.3) is 0 Å². The molecule has 0 aliphatic carbocycles. The van der Waals surface area contributed by atoms with Crippen molar-refractivity contribution in [3.63, 3.8) is 0 Å². The van der Waals surface area contributed by atoms with Crippen molar-refractivity contribution in [1.29, 1.82) is 15.8 Å². The Hall–Kier alpha value is -2.70. The lowest BCUT2D eigenvalue weighted by atomic mass is 10.2. The number of halogens is 4. The third-order valence-electron chi connectivity index (χ3n) is 2.03. The Balaban J connectivity index is 3.21. The first-order valence-corrected chi connectivity index (χ1v) is 5.87. The summed E-state index contributed by atoms with van der Waals surface area (Å²) in [5, 5.41) is 28.6. The zero-order chi connectivity index (χ0) is 16.0. The quantitative estimate of drug-likeness (QED) is 0.835. The molecule has 0 heterocycles. The smallest absolute Gasteiger partial charge is 0.405 e. The summed E-state index contributed by atoms with van der Waals surface area (Å²) < 4.78 is 40.3. The van der Waals surface area contributed by atoms with E-state index in [-0.39, 0.29) is 15.9 Å². The topological polar surface area (TPSA) is 92.6 Å². The van der Waals surface area contributed by atoms with Gasteiger partial charge in [-0.15, -0.1) is 13.2 Å². The maximum Gasteiger partial charge on any atom is 0.573 e. The standard InChI is InChI=1S/C12H4BrF3N4O/c13-11-8(20-9(6-19)7(4-17)5-18)2-1-3-10(11)21-12(14,15)16/h1-3,20H. The van der Waals surface area contributed by atoms with E-state index in [4.69, 9.17) is 15.8 Å². The molecule has 21 heavy (non-hydrogen) atoms. The molecule has 0 fully saturated rings. The highest BCUT2D eigenvalue weighted by Crippen LogP contribution is 2.36. The largest absolute Gasteiger partial charge is 0.573 e. The summed E-state index contributed by atoms with van der Waals surface area (Å²) in [4.78, 5) is 0. The SMILES string of the molecule is N#CC(C#N)=C(C#N)Nc1cccc(OC(F)(F)F)c1Br. The van der Waals surface area contributed by atoms with Gasteiger partial charge in [-0.25, -0.2) is 0 Å². The van der Waals surface area contributed by atoms with Gasteiger partial charge in [-0.1, -0.05) is 6.07 Å². The van der Waals surface area contributed by atoms with Crippen LogP contribution in [0.15, 0.2) is 33.9 Å². The fraction of sp³-hybridized carbons (Fsp3) is 0.0833. The molecule has 5 nitrogen and oxygen atoms in total. The number of ether oxygens (including phenoxy) is 1. The summed E-state index contributed by atoms with van der Waals surface area (Å²) in [5.41, 5.74) is -0.840. The van der Waals surface area contributed by atoms with Gasteiger partial charge < -0.3 is 10.1 Å². The zero-order valence-electron chi connectivity index (χ0n) is 9.99.